The largest absolute Gasteiger partial charge is 0.748 e. The van der Waals surface area contributed by atoms with E-state index in [1.165, 1.54) is 126 Å². The van der Waals surface area contributed by atoms with Gasteiger partial charge in [-0.2, -0.15) is 11.8 Å². The molecule has 0 bridgehead atoms. The van der Waals surface area contributed by atoms with Crippen LogP contribution in [-0.2, 0) is 10.1 Å². The molecule has 170 valence electrons. The second-order valence-corrected chi connectivity index (χ2v) is 11.3. The van der Waals surface area contributed by atoms with Gasteiger partial charge in [0.25, 0.3) is 0 Å². The van der Waals surface area contributed by atoms with Crippen LogP contribution in [0, 0.1) is 0 Å². The number of rotatable bonds is 15. The summed E-state index contributed by atoms with van der Waals surface area (Å²) in [5.41, 5.74) is 0. The second kappa shape index (κ2) is 18.0. The Bertz CT molecular complexity index is 427. The van der Waals surface area contributed by atoms with E-state index in [9.17, 15) is 0 Å². The first kappa shape index (κ1) is 28.2. The lowest BCUT2D eigenvalue weighted by atomic mass is 10.0. The number of hydrogen-bond acceptors (Lipinski definition) is 4. The van der Waals surface area contributed by atoms with Gasteiger partial charge in [-0.25, -0.2) is 8.42 Å². The summed E-state index contributed by atoms with van der Waals surface area (Å²) in [6, 6.07) is 0. The molecule has 6 heteroatoms. The van der Waals surface area contributed by atoms with Crippen LogP contribution in [0.3, 0.4) is 0 Å². The van der Waals surface area contributed by atoms with Gasteiger partial charge in [0.15, 0.2) is 0 Å². The lowest BCUT2D eigenvalue weighted by Crippen LogP contribution is -2.50. The van der Waals surface area contributed by atoms with E-state index in [-0.39, 0.29) is 0 Å². The van der Waals surface area contributed by atoms with Crippen LogP contribution in [0.4, 0.5) is 0 Å². The third kappa shape index (κ3) is 22.5. The lowest BCUT2D eigenvalue weighted by molar-refractivity contribution is -0.906. The fraction of sp³-hybridized carbons (Fsp3) is 1.00. The maximum absolute atomic E-state index is 9.08. The van der Waals surface area contributed by atoms with E-state index < -0.39 is 10.1 Å². The smallest absolute Gasteiger partial charge is 0.0916 e. The highest BCUT2D eigenvalue weighted by molar-refractivity contribution is 7.99. The monoisotopic (exact) mass is 437 g/mol. The minimum atomic E-state index is -3.92. The molecule has 0 aromatic rings. The molecule has 0 unspecified atom stereocenters. The van der Waals surface area contributed by atoms with Gasteiger partial charge in [0.2, 0.25) is 0 Å². The van der Waals surface area contributed by atoms with Crippen molar-refractivity contribution in [3.05, 3.63) is 0 Å². The minimum Gasteiger partial charge on any atom is -0.748 e. The summed E-state index contributed by atoms with van der Waals surface area (Å²) < 4.78 is 28.6. The quantitative estimate of drug-likeness (QED) is 0.184. The van der Waals surface area contributed by atoms with Crippen LogP contribution in [-0.4, -0.2) is 61.9 Å². The highest BCUT2D eigenvalue weighted by Crippen LogP contribution is 2.18. The Morgan fingerprint density at radius 3 is 1.43 bits per heavy atom. The first-order valence-corrected chi connectivity index (χ1v) is 14.6. The standard InChI is InChI=1S/C21H44NS.CH4O3S/c1-3-4-5-6-7-8-9-10-11-12-13-14-15-16-17-22(2)18-20-23-21-19-22;1-5(2,3)4/h3-21H2,1-2H3;1H3,(H,2,3,4)/q+1;/p-1. The zero-order valence-corrected chi connectivity index (χ0v) is 20.6. The Morgan fingerprint density at radius 2 is 1.07 bits per heavy atom. The maximum atomic E-state index is 9.08. The van der Waals surface area contributed by atoms with Crippen molar-refractivity contribution >= 4 is 21.9 Å². The SMILES string of the molecule is CCCCCCCCCCCCCCCC[N+]1(C)CCSCC1.CS(=O)(=O)[O-]. The Kier molecular flexibility index (Phi) is 18.2. The van der Waals surface area contributed by atoms with Gasteiger partial charge in [0.1, 0.15) is 0 Å². The summed E-state index contributed by atoms with van der Waals surface area (Å²) >= 11 is 2.14. The predicted octanol–water partition coefficient (Wildman–Crippen LogP) is 5.82. The van der Waals surface area contributed by atoms with Crippen molar-refractivity contribution < 1.29 is 17.5 Å². The van der Waals surface area contributed by atoms with Crippen molar-refractivity contribution in [2.75, 3.05) is 44.4 Å². The summed E-state index contributed by atoms with van der Waals surface area (Å²) in [7, 11) is -1.44. The molecule has 1 fully saturated rings. The van der Waals surface area contributed by atoms with E-state index in [2.05, 4.69) is 25.7 Å². The fourth-order valence-corrected chi connectivity index (χ4v) is 5.04. The van der Waals surface area contributed by atoms with Crippen molar-refractivity contribution in [1.82, 2.24) is 0 Å². The predicted molar refractivity (Wildman–Crippen MR) is 124 cm³/mol. The van der Waals surface area contributed by atoms with Gasteiger partial charge in [0.05, 0.1) is 36.8 Å². The van der Waals surface area contributed by atoms with E-state index in [1.807, 2.05) is 0 Å². The molecule has 0 aromatic heterocycles. The third-order valence-corrected chi connectivity index (χ3v) is 6.54. The van der Waals surface area contributed by atoms with Gasteiger partial charge in [0, 0.05) is 17.8 Å². The van der Waals surface area contributed by atoms with Crippen LogP contribution in [0.15, 0.2) is 0 Å². The van der Waals surface area contributed by atoms with E-state index in [4.69, 9.17) is 13.0 Å². The molecule has 4 nitrogen and oxygen atoms in total. The van der Waals surface area contributed by atoms with Crippen LogP contribution in [0.2, 0.25) is 0 Å². The molecule has 0 spiro atoms. The molecular weight excluding hydrogens is 390 g/mol. The molecule has 1 rings (SSSR count). The molecule has 0 aliphatic carbocycles. The Hall–Kier alpha value is 0.220. The first-order valence-electron chi connectivity index (χ1n) is 11.6. The lowest BCUT2D eigenvalue weighted by Gasteiger charge is -2.37. The topological polar surface area (TPSA) is 57.2 Å². The molecule has 1 heterocycles. The fourth-order valence-electron chi connectivity index (χ4n) is 3.70. The van der Waals surface area contributed by atoms with E-state index in [1.54, 1.807) is 0 Å². The van der Waals surface area contributed by atoms with Crippen LogP contribution in [0.5, 0.6) is 0 Å². The molecule has 28 heavy (non-hydrogen) atoms. The van der Waals surface area contributed by atoms with Crippen molar-refractivity contribution in [3.8, 4) is 0 Å². The number of thioether (sulfide) groups is 1. The number of quaternary nitrogens is 1. The molecule has 0 atom stereocenters. The van der Waals surface area contributed by atoms with Gasteiger partial charge in [-0.1, -0.05) is 84.0 Å². The van der Waals surface area contributed by atoms with E-state index >= 15 is 0 Å². The summed E-state index contributed by atoms with van der Waals surface area (Å²) in [5, 5.41) is 0. The Balaban J connectivity index is 0.00000129. The second-order valence-electron chi connectivity index (χ2n) is 8.70. The zero-order chi connectivity index (χ0) is 21.1. The van der Waals surface area contributed by atoms with Crippen molar-refractivity contribution in [3.63, 3.8) is 0 Å². The average Bonchev–Trinajstić information content (AvgIpc) is 2.61. The maximum Gasteiger partial charge on any atom is 0.0916 e. The molecule has 1 saturated heterocycles. The number of unbranched alkanes of at least 4 members (excludes halogenated alkanes) is 13. The van der Waals surface area contributed by atoms with E-state index in [0.29, 0.717) is 6.26 Å². The van der Waals surface area contributed by atoms with Crippen LogP contribution in [0.1, 0.15) is 96.8 Å². The average molecular weight is 438 g/mol. The minimum absolute atomic E-state index is 0.604. The molecule has 1 aliphatic heterocycles. The van der Waals surface area contributed by atoms with Crippen LogP contribution >= 0.6 is 11.8 Å². The van der Waals surface area contributed by atoms with E-state index in [0.717, 1.165) is 0 Å². The van der Waals surface area contributed by atoms with Crippen LogP contribution in [0.25, 0.3) is 0 Å². The van der Waals surface area contributed by atoms with Crippen molar-refractivity contribution in [2.45, 2.75) is 96.8 Å². The van der Waals surface area contributed by atoms with Gasteiger partial charge in [-0.15, -0.1) is 0 Å². The highest BCUT2D eigenvalue weighted by atomic mass is 32.2. The van der Waals surface area contributed by atoms with Crippen LogP contribution < -0.4 is 0 Å². The molecule has 0 radical (unpaired) electrons. The molecule has 0 amide bonds. The normalized spacial score (nSPS) is 16.4. The van der Waals surface area contributed by atoms with Crippen molar-refractivity contribution in [2.24, 2.45) is 0 Å². The van der Waals surface area contributed by atoms with Gasteiger partial charge in [-0.05, 0) is 12.8 Å². The van der Waals surface area contributed by atoms with Crippen molar-refractivity contribution in [1.29, 1.82) is 0 Å². The molecule has 0 saturated carbocycles. The highest BCUT2D eigenvalue weighted by Gasteiger charge is 2.23. The third-order valence-electron chi connectivity index (χ3n) is 5.60. The summed E-state index contributed by atoms with van der Waals surface area (Å²) in [6.45, 7) is 6.54. The van der Waals surface area contributed by atoms with Gasteiger partial charge < -0.3 is 9.04 Å². The van der Waals surface area contributed by atoms with Gasteiger partial charge in [-0.3, -0.25) is 0 Å². The molecule has 0 N–H and O–H groups in total. The van der Waals surface area contributed by atoms with Gasteiger partial charge >= 0.3 is 0 Å². The number of nitrogens with zero attached hydrogens (tertiary/aromatic N) is 1. The molecular formula is C22H47NO3S2. The number of hydrogen-bond donors (Lipinski definition) is 0. The first-order chi connectivity index (χ1) is 13.3. The summed E-state index contributed by atoms with van der Waals surface area (Å²) in [6.07, 6.45) is 21.2. The molecule has 1 aliphatic rings. The zero-order valence-electron chi connectivity index (χ0n) is 18.9. The Labute approximate surface area is 180 Å². The Morgan fingerprint density at radius 1 is 0.750 bits per heavy atom. The summed E-state index contributed by atoms with van der Waals surface area (Å²) in [5.74, 6) is 2.77. The molecule has 0 aromatic carbocycles. The summed E-state index contributed by atoms with van der Waals surface area (Å²) in [4.78, 5) is 0.